The van der Waals surface area contributed by atoms with Gasteiger partial charge in [0, 0.05) is 29.9 Å². The molecule has 1 heteroatoms. The van der Waals surface area contributed by atoms with Crippen molar-refractivity contribution in [2.45, 2.75) is 20.3 Å². The molecular formula is C18H19N. The molecule has 0 amide bonds. The first-order chi connectivity index (χ1) is 9.13. The molecule has 0 saturated heterocycles. The van der Waals surface area contributed by atoms with E-state index in [9.17, 15) is 0 Å². The quantitative estimate of drug-likeness (QED) is 0.698. The molecule has 0 radical (unpaired) electrons. The zero-order valence-corrected chi connectivity index (χ0v) is 11.8. The molecule has 1 nitrogen and oxygen atoms in total. The molecule has 0 saturated carbocycles. The summed E-state index contributed by atoms with van der Waals surface area (Å²) in [6.07, 6.45) is 7.31. The van der Waals surface area contributed by atoms with Crippen molar-refractivity contribution in [3.63, 3.8) is 0 Å². The third-order valence-corrected chi connectivity index (χ3v) is 3.94. The fourth-order valence-electron chi connectivity index (χ4n) is 3.02. The molecule has 2 aromatic rings. The van der Waals surface area contributed by atoms with Crippen LogP contribution in [-0.4, -0.2) is 4.57 Å². The second kappa shape index (κ2) is 4.27. The summed E-state index contributed by atoms with van der Waals surface area (Å²) in [6.45, 7) is 8.42. The van der Waals surface area contributed by atoms with E-state index < -0.39 is 0 Å². The van der Waals surface area contributed by atoms with E-state index in [2.05, 4.69) is 61.5 Å². The van der Waals surface area contributed by atoms with Crippen LogP contribution < -0.4 is 0 Å². The largest absolute Gasteiger partial charge is 0.343 e. The topological polar surface area (TPSA) is 4.93 Å². The monoisotopic (exact) mass is 249 g/mol. The van der Waals surface area contributed by atoms with Gasteiger partial charge in [0.2, 0.25) is 0 Å². The van der Waals surface area contributed by atoms with Crippen LogP contribution in [0, 0.1) is 6.92 Å². The molecule has 96 valence electrons. The molecule has 1 aromatic carbocycles. The summed E-state index contributed by atoms with van der Waals surface area (Å²) in [5.74, 6) is 0. The summed E-state index contributed by atoms with van der Waals surface area (Å²) in [5.41, 5.74) is 7.91. The van der Waals surface area contributed by atoms with E-state index in [-0.39, 0.29) is 0 Å². The van der Waals surface area contributed by atoms with E-state index in [0.29, 0.717) is 0 Å². The number of hydrogen-bond donors (Lipinski definition) is 0. The van der Waals surface area contributed by atoms with Crippen LogP contribution in [0.15, 0.2) is 48.6 Å². The molecule has 0 bridgehead atoms. The molecule has 3 rings (SSSR count). The summed E-state index contributed by atoms with van der Waals surface area (Å²) in [5, 5.41) is 1.38. The third-order valence-electron chi connectivity index (χ3n) is 3.94. The Morgan fingerprint density at radius 2 is 2.11 bits per heavy atom. The first-order valence-corrected chi connectivity index (χ1v) is 6.73. The molecule has 19 heavy (non-hydrogen) atoms. The Morgan fingerprint density at radius 3 is 2.84 bits per heavy atom. The standard InChI is InChI=1S/C18H19N/c1-5-6-7-14-13(3)11-16-15-10-12(2)8-9-17(15)19(4)18(14)16/h5-10H,3,11H2,1-2,4H3/b6-5-,14-7+. The zero-order chi connectivity index (χ0) is 13.6. The normalized spacial score (nSPS) is 17.0. The van der Waals surface area contributed by atoms with Crippen LogP contribution in [-0.2, 0) is 13.5 Å². The Balaban J connectivity index is 2.34. The Morgan fingerprint density at radius 1 is 1.32 bits per heavy atom. The molecule has 0 aliphatic heterocycles. The average molecular weight is 249 g/mol. The molecule has 0 spiro atoms. The summed E-state index contributed by atoms with van der Waals surface area (Å²) in [6, 6.07) is 6.70. The first-order valence-electron chi connectivity index (χ1n) is 6.73. The molecular weight excluding hydrogens is 230 g/mol. The summed E-state index contributed by atoms with van der Waals surface area (Å²) >= 11 is 0. The molecule has 1 aliphatic carbocycles. The molecule has 1 aliphatic rings. The predicted octanol–water partition coefficient (Wildman–Crippen LogP) is 4.56. The second-order valence-electron chi connectivity index (χ2n) is 5.29. The maximum Gasteiger partial charge on any atom is 0.0527 e. The van der Waals surface area contributed by atoms with Crippen molar-refractivity contribution in [2.24, 2.45) is 7.05 Å². The number of fused-ring (bicyclic) bond motifs is 3. The Labute approximate surface area is 114 Å². The summed E-state index contributed by atoms with van der Waals surface area (Å²) in [4.78, 5) is 0. The van der Waals surface area contributed by atoms with Gasteiger partial charge in [0.15, 0.2) is 0 Å². The van der Waals surface area contributed by atoms with Crippen LogP contribution in [0.4, 0.5) is 0 Å². The lowest BCUT2D eigenvalue weighted by molar-refractivity contribution is 0.948. The van der Waals surface area contributed by atoms with Gasteiger partial charge in [0.1, 0.15) is 0 Å². The molecule has 1 aromatic heterocycles. The van der Waals surface area contributed by atoms with E-state index in [1.54, 1.807) is 0 Å². The van der Waals surface area contributed by atoms with E-state index in [0.717, 1.165) is 6.42 Å². The fourth-order valence-corrected chi connectivity index (χ4v) is 3.02. The van der Waals surface area contributed by atoms with Crippen molar-refractivity contribution in [1.82, 2.24) is 4.57 Å². The maximum absolute atomic E-state index is 4.23. The molecule has 1 heterocycles. The van der Waals surface area contributed by atoms with Crippen LogP contribution in [0.25, 0.3) is 16.5 Å². The molecule has 0 unspecified atom stereocenters. The van der Waals surface area contributed by atoms with Crippen LogP contribution in [0.1, 0.15) is 23.7 Å². The molecule has 0 N–H and O–H groups in total. The summed E-state index contributed by atoms with van der Waals surface area (Å²) in [7, 11) is 2.15. The van der Waals surface area contributed by atoms with Gasteiger partial charge in [-0.1, -0.05) is 36.4 Å². The lowest BCUT2D eigenvalue weighted by atomic mass is 10.1. The van der Waals surface area contributed by atoms with Crippen LogP contribution in [0.5, 0.6) is 0 Å². The zero-order valence-electron chi connectivity index (χ0n) is 11.8. The second-order valence-corrected chi connectivity index (χ2v) is 5.29. The van der Waals surface area contributed by atoms with Gasteiger partial charge >= 0.3 is 0 Å². The SMILES string of the molecule is C=C1Cc2c(n(C)c3ccc(C)cc23)/C1=C/C=C\C. The Hall–Kier alpha value is -2.02. The van der Waals surface area contributed by atoms with E-state index in [1.807, 2.05) is 6.92 Å². The number of nitrogens with zero attached hydrogens (tertiary/aromatic N) is 1. The smallest absolute Gasteiger partial charge is 0.0527 e. The highest BCUT2D eigenvalue weighted by Crippen LogP contribution is 2.41. The highest BCUT2D eigenvalue weighted by Gasteiger charge is 2.26. The van der Waals surface area contributed by atoms with Gasteiger partial charge in [-0.25, -0.2) is 0 Å². The number of benzene rings is 1. The lowest BCUT2D eigenvalue weighted by Gasteiger charge is -2.05. The number of allylic oxidation sites excluding steroid dienone is 5. The van der Waals surface area contributed by atoms with Gasteiger partial charge in [-0.3, -0.25) is 0 Å². The Bertz CT molecular complexity index is 739. The van der Waals surface area contributed by atoms with Gasteiger partial charge in [-0.2, -0.15) is 0 Å². The van der Waals surface area contributed by atoms with Crippen LogP contribution >= 0.6 is 0 Å². The first kappa shape index (κ1) is 12.0. The molecule has 0 atom stereocenters. The lowest BCUT2D eigenvalue weighted by Crippen LogP contribution is -1.93. The highest BCUT2D eigenvalue weighted by molar-refractivity contribution is 5.97. The minimum atomic E-state index is 0.972. The summed E-state index contributed by atoms with van der Waals surface area (Å²) < 4.78 is 2.30. The number of aromatic nitrogens is 1. The van der Waals surface area contributed by atoms with Gasteiger partial charge in [0.25, 0.3) is 0 Å². The maximum atomic E-state index is 4.23. The fraction of sp³-hybridized carbons (Fsp3) is 0.222. The van der Waals surface area contributed by atoms with Crippen LogP contribution in [0.2, 0.25) is 0 Å². The van der Waals surface area contributed by atoms with E-state index in [4.69, 9.17) is 0 Å². The predicted molar refractivity (Wildman–Crippen MR) is 83.3 cm³/mol. The van der Waals surface area contributed by atoms with Crippen molar-refractivity contribution >= 4 is 16.5 Å². The minimum absolute atomic E-state index is 0.972. The van der Waals surface area contributed by atoms with E-state index >= 15 is 0 Å². The molecule has 0 fully saturated rings. The van der Waals surface area contributed by atoms with Crippen molar-refractivity contribution in [3.8, 4) is 0 Å². The van der Waals surface area contributed by atoms with Crippen molar-refractivity contribution in [3.05, 3.63) is 65.4 Å². The van der Waals surface area contributed by atoms with Gasteiger partial charge in [0.05, 0.1) is 5.69 Å². The third kappa shape index (κ3) is 1.69. The highest BCUT2D eigenvalue weighted by atomic mass is 15.0. The number of hydrogen-bond acceptors (Lipinski definition) is 0. The number of aryl methyl sites for hydroxylation is 2. The van der Waals surface area contributed by atoms with Crippen molar-refractivity contribution in [2.75, 3.05) is 0 Å². The van der Waals surface area contributed by atoms with Crippen molar-refractivity contribution in [1.29, 1.82) is 0 Å². The van der Waals surface area contributed by atoms with Crippen LogP contribution in [0.3, 0.4) is 0 Å². The average Bonchev–Trinajstić information content (AvgIpc) is 2.84. The van der Waals surface area contributed by atoms with Gasteiger partial charge in [-0.05, 0) is 37.1 Å². The minimum Gasteiger partial charge on any atom is -0.343 e. The van der Waals surface area contributed by atoms with Gasteiger partial charge < -0.3 is 4.57 Å². The Kier molecular flexibility index (Phi) is 2.70. The van der Waals surface area contributed by atoms with E-state index in [1.165, 1.54) is 38.9 Å². The van der Waals surface area contributed by atoms with Gasteiger partial charge in [-0.15, -0.1) is 0 Å². The van der Waals surface area contributed by atoms with Crippen molar-refractivity contribution < 1.29 is 0 Å². The number of rotatable bonds is 1.